The van der Waals surface area contributed by atoms with E-state index in [4.69, 9.17) is 9.26 Å². The number of carbonyl (C=O) groups excluding carboxylic acids is 1. The predicted molar refractivity (Wildman–Crippen MR) is 98.1 cm³/mol. The average Bonchev–Trinajstić information content (AvgIpc) is 3.06. The highest BCUT2D eigenvalue weighted by Crippen LogP contribution is 2.14. The maximum atomic E-state index is 11.7. The largest absolute Gasteiger partial charge is 0.383 e. The molecule has 0 aliphatic rings. The van der Waals surface area contributed by atoms with Crippen LogP contribution in [0.2, 0.25) is 0 Å². The summed E-state index contributed by atoms with van der Waals surface area (Å²) in [6, 6.07) is 3.61. The monoisotopic (exact) mass is 391 g/mol. The van der Waals surface area contributed by atoms with Gasteiger partial charge in [0.1, 0.15) is 0 Å². The van der Waals surface area contributed by atoms with Crippen molar-refractivity contribution in [2.24, 2.45) is 0 Å². The standard InChI is InChI=1S/C15H21N5O3.2ClH/c1-22-11-10-17-8-9-18-13(21)2-3-14-19-15(20-23-14)12-4-6-16-7-5-12;;/h4-7,17H,2-3,8-11H2,1H3,(H,18,21);2*1H. The van der Waals surface area contributed by atoms with Crippen molar-refractivity contribution in [3.8, 4) is 11.4 Å². The number of nitrogens with one attached hydrogen (secondary N) is 2. The summed E-state index contributed by atoms with van der Waals surface area (Å²) in [5.74, 6) is 0.914. The fourth-order valence-corrected chi connectivity index (χ4v) is 1.87. The lowest BCUT2D eigenvalue weighted by atomic mass is 10.2. The fraction of sp³-hybridized carbons (Fsp3) is 0.467. The Morgan fingerprint density at radius 3 is 2.68 bits per heavy atom. The predicted octanol–water partition coefficient (Wildman–Crippen LogP) is 1.26. The van der Waals surface area contributed by atoms with Crippen LogP contribution < -0.4 is 10.6 Å². The Balaban J connectivity index is 0.00000288. The molecular formula is C15H23Cl2N5O3. The van der Waals surface area contributed by atoms with E-state index in [0.29, 0.717) is 44.3 Å². The number of hydrogen-bond acceptors (Lipinski definition) is 7. The Hall–Kier alpha value is -1.74. The molecule has 8 nitrogen and oxygen atoms in total. The number of methoxy groups -OCH3 is 1. The first kappa shape index (κ1) is 23.3. The van der Waals surface area contributed by atoms with Crippen LogP contribution in [0.25, 0.3) is 11.4 Å². The lowest BCUT2D eigenvalue weighted by Crippen LogP contribution is -2.33. The van der Waals surface area contributed by atoms with E-state index >= 15 is 0 Å². The number of carbonyl (C=O) groups is 1. The molecule has 2 N–H and O–H groups in total. The van der Waals surface area contributed by atoms with Crippen LogP contribution in [0, 0.1) is 0 Å². The van der Waals surface area contributed by atoms with Crippen LogP contribution in [0.15, 0.2) is 29.0 Å². The topological polar surface area (TPSA) is 102 Å². The van der Waals surface area contributed by atoms with Crippen molar-refractivity contribution in [3.05, 3.63) is 30.4 Å². The number of hydrogen-bond donors (Lipinski definition) is 2. The molecule has 140 valence electrons. The summed E-state index contributed by atoms with van der Waals surface area (Å²) in [6.45, 7) is 2.72. The van der Waals surface area contributed by atoms with Crippen molar-refractivity contribution in [1.29, 1.82) is 0 Å². The van der Waals surface area contributed by atoms with Crippen LogP contribution in [0.4, 0.5) is 0 Å². The molecule has 0 saturated carbocycles. The Morgan fingerprint density at radius 2 is 1.96 bits per heavy atom. The van der Waals surface area contributed by atoms with Crippen LogP contribution in [0.5, 0.6) is 0 Å². The first-order valence-electron chi connectivity index (χ1n) is 7.49. The molecule has 0 aliphatic carbocycles. The van der Waals surface area contributed by atoms with Crippen LogP contribution in [-0.2, 0) is 16.0 Å². The molecule has 0 aliphatic heterocycles. The van der Waals surface area contributed by atoms with Gasteiger partial charge in [0.2, 0.25) is 17.6 Å². The van der Waals surface area contributed by atoms with Crippen molar-refractivity contribution in [1.82, 2.24) is 25.8 Å². The lowest BCUT2D eigenvalue weighted by molar-refractivity contribution is -0.121. The van der Waals surface area contributed by atoms with Gasteiger partial charge in [-0.2, -0.15) is 4.98 Å². The summed E-state index contributed by atoms with van der Waals surface area (Å²) in [5.41, 5.74) is 0.835. The third-order valence-corrected chi connectivity index (χ3v) is 3.08. The van der Waals surface area contributed by atoms with Crippen LogP contribution in [-0.4, -0.2) is 54.4 Å². The van der Waals surface area contributed by atoms with Crippen molar-refractivity contribution in [2.45, 2.75) is 12.8 Å². The molecule has 2 aromatic rings. The summed E-state index contributed by atoms with van der Waals surface area (Å²) in [6.07, 6.45) is 4.07. The van der Waals surface area contributed by atoms with Crippen LogP contribution >= 0.6 is 24.8 Å². The second-order valence-electron chi connectivity index (χ2n) is 4.84. The number of halogens is 2. The minimum absolute atomic E-state index is 0. The molecule has 0 bridgehead atoms. The summed E-state index contributed by atoms with van der Waals surface area (Å²) in [7, 11) is 1.65. The zero-order valence-electron chi connectivity index (χ0n) is 13.9. The number of nitrogens with zero attached hydrogens (tertiary/aromatic N) is 3. The van der Waals surface area contributed by atoms with Crippen molar-refractivity contribution < 1.29 is 14.1 Å². The van der Waals surface area contributed by atoms with Gasteiger partial charge < -0.3 is 19.9 Å². The highest BCUT2D eigenvalue weighted by atomic mass is 35.5. The highest BCUT2D eigenvalue weighted by Gasteiger charge is 2.10. The molecule has 0 radical (unpaired) electrons. The SMILES string of the molecule is COCCNCCNC(=O)CCc1nc(-c2ccncc2)no1.Cl.Cl. The number of rotatable bonds is 10. The van der Waals surface area contributed by atoms with Gasteiger partial charge in [0, 0.05) is 57.5 Å². The molecule has 0 unspecified atom stereocenters. The quantitative estimate of drug-likeness (QED) is 0.587. The van der Waals surface area contributed by atoms with E-state index in [2.05, 4.69) is 25.8 Å². The number of ether oxygens (including phenoxy) is 1. The van der Waals surface area contributed by atoms with E-state index < -0.39 is 0 Å². The number of aromatic nitrogens is 3. The molecule has 25 heavy (non-hydrogen) atoms. The van der Waals surface area contributed by atoms with Gasteiger partial charge in [-0.15, -0.1) is 24.8 Å². The molecule has 0 spiro atoms. The van der Waals surface area contributed by atoms with Crippen molar-refractivity contribution >= 4 is 30.7 Å². The van der Waals surface area contributed by atoms with Gasteiger partial charge in [-0.25, -0.2) is 0 Å². The molecule has 0 saturated heterocycles. The van der Waals surface area contributed by atoms with Gasteiger partial charge in [0.05, 0.1) is 6.61 Å². The lowest BCUT2D eigenvalue weighted by Gasteiger charge is -2.05. The molecular weight excluding hydrogens is 369 g/mol. The third kappa shape index (κ3) is 8.78. The maximum absolute atomic E-state index is 11.7. The van der Waals surface area contributed by atoms with E-state index in [1.165, 1.54) is 0 Å². The van der Waals surface area contributed by atoms with Gasteiger partial charge in [-0.1, -0.05) is 5.16 Å². The summed E-state index contributed by atoms with van der Waals surface area (Å²) < 4.78 is 10.1. The second-order valence-corrected chi connectivity index (χ2v) is 4.84. The fourth-order valence-electron chi connectivity index (χ4n) is 1.87. The summed E-state index contributed by atoms with van der Waals surface area (Å²) >= 11 is 0. The molecule has 10 heteroatoms. The summed E-state index contributed by atoms with van der Waals surface area (Å²) in [5, 5.41) is 9.88. The molecule has 0 fully saturated rings. The minimum atomic E-state index is -0.0396. The van der Waals surface area contributed by atoms with Gasteiger partial charge in [-0.3, -0.25) is 9.78 Å². The number of aryl methyl sites for hydroxylation is 1. The van der Waals surface area contributed by atoms with Crippen molar-refractivity contribution in [3.63, 3.8) is 0 Å². The Bertz CT molecular complexity index is 598. The Labute approximate surface area is 158 Å². The maximum Gasteiger partial charge on any atom is 0.227 e. The normalized spacial score (nSPS) is 9.80. The van der Waals surface area contributed by atoms with E-state index in [9.17, 15) is 4.79 Å². The molecule has 2 heterocycles. The van der Waals surface area contributed by atoms with Gasteiger partial charge in [-0.05, 0) is 12.1 Å². The third-order valence-electron chi connectivity index (χ3n) is 3.08. The summed E-state index contributed by atoms with van der Waals surface area (Å²) in [4.78, 5) is 19.9. The second kappa shape index (κ2) is 13.5. The van der Waals surface area contributed by atoms with Gasteiger partial charge in [0.15, 0.2) is 0 Å². The number of amides is 1. The van der Waals surface area contributed by atoms with Crippen LogP contribution in [0.3, 0.4) is 0 Å². The smallest absolute Gasteiger partial charge is 0.227 e. The zero-order chi connectivity index (χ0) is 16.3. The first-order chi connectivity index (χ1) is 11.3. The molecule has 2 aromatic heterocycles. The van der Waals surface area contributed by atoms with E-state index in [1.54, 1.807) is 31.6 Å². The van der Waals surface area contributed by atoms with Gasteiger partial charge >= 0.3 is 0 Å². The Kier molecular flexibility index (Phi) is 12.6. The number of pyridine rings is 1. The van der Waals surface area contributed by atoms with E-state index in [0.717, 1.165) is 12.1 Å². The van der Waals surface area contributed by atoms with Gasteiger partial charge in [0.25, 0.3) is 0 Å². The first-order valence-corrected chi connectivity index (χ1v) is 7.49. The molecule has 0 atom stereocenters. The molecule has 1 amide bonds. The minimum Gasteiger partial charge on any atom is -0.383 e. The van der Waals surface area contributed by atoms with Crippen molar-refractivity contribution in [2.75, 3.05) is 33.4 Å². The molecule has 0 aromatic carbocycles. The van der Waals surface area contributed by atoms with Crippen LogP contribution in [0.1, 0.15) is 12.3 Å². The average molecular weight is 392 g/mol. The van der Waals surface area contributed by atoms with E-state index in [-0.39, 0.29) is 30.7 Å². The Morgan fingerprint density at radius 1 is 1.20 bits per heavy atom. The van der Waals surface area contributed by atoms with E-state index in [1.807, 2.05) is 0 Å². The molecule has 2 rings (SSSR count). The highest BCUT2D eigenvalue weighted by molar-refractivity contribution is 5.85. The zero-order valence-corrected chi connectivity index (χ0v) is 15.6.